The first-order valence-corrected chi connectivity index (χ1v) is 7.64. The molecule has 5 heteroatoms. The summed E-state index contributed by atoms with van der Waals surface area (Å²) in [5.74, 6) is 0.154. The first kappa shape index (κ1) is 14.5. The number of nitrogens with one attached hydrogen (secondary N) is 3. The van der Waals surface area contributed by atoms with Gasteiger partial charge in [-0.05, 0) is 37.5 Å². The Kier molecular flexibility index (Phi) is 3.95. The Bertz CT molecular complexity index is 530. The Morgan fingerprint density at radius 2 is 2.29 bits per heavy atom. The van der Waals surface area contributed by atoms with Crippen LogP contribution in [-0.2, 0) is 10.2 Å². The highest BCUT2D eigenvalue weighted by Gasteiger charge is 2.45. The summed E-state index contributed by atoms with van der Waals surface area (Å²) in [4.78, 5) is 12.6. The summed E-state index contributed by atoms with van der Waals surface area (Å²) in [6, 6.07) is 6.82. The molecule has 2 atom stereocenters. The summed E-state index contributed by atoms with van der Waals surface area (Å²) >= 11 is 0. The molecule has 1 aromatic rings. The van der Waals surface area contributed by atoms with Gasteiger partial charge in [-0.25, -0.2) is 4.39 Å². The van der Waals surface area contributed by atoms with E-state index in [1.807, 2.05) is 6.07 Å². The molecule has 2 fully saturated rings. The van der Waals surface area contributed by atoms with Crippen LogP contribution in [0.2, 0.25) is 0 Å². The minimum Gasteiger partial charge on any atom is -0.355 e. The molecule has 2 unspecified atom stereocenters. The molecule has 1 saturated heterocycles. The molecular weight excluding hydrogens is 269 g/mol. The third-order valence-electron chi connectivity index (χ3n) is 4.94. The van der Waals surface area contributed by atoms with E-state index in [-0.39, 0.29) is 11.7 Å². The van der Waals surface area contributed by atoms with Crippen LogP contribution in [-0.4, -0.2) is 25.0 Å². The SMILES string of the molecule is CC1NNCC1CNC(=O)C1(c2cccc(F)c2)CCC1. The van der Waals surface area contributed by atoms with Crippen molar-refractivity contribution in [2.75, 3.05) is 13.1 Å². The van der Waals surface area contributed by atoms with Gasteiger partial charge in [-0.1, -0.05) is 18.6 Å². The molecule has 1 saturated carbocycles. The number of hydrogen-bond donors (Lipinski definition) is 3. The van der Waals surface area contributed by atoms with Gasteiger partial charge in [0, 0.05) is 25.0 Å². The average molecular weight is 291 g/mol. The maximum absolute atomic E-state index is 13.5. The van der Waals surface area contributed by atoms with Crippen LogP contribution in [0.3, 0.4) is 0 Å². The molecule has 1 aliphatic heterocycles. The van der Waals surface area contributed by atoms with Crippen molar-refractivity contribution in [3.63, 3.8) is 0 Å². The van der Waals surface area contributed by atoms with E-state index in [1.165, 1.54) is 12.1 Å². The van der Waals surface area contributed by atoms with Crippen molar-refractivity contribution in [2.45, 2.75) is 37.6 Å². The van der Waals surface area contributed by atoms with Crippen LogP contribution < -0.4 is 16.2 Å². The van der Waals surface area contributed by atoms with Gasteiger partial charge < -0.3 is 5.32 Å². The number of hydrazine groups is 1. The Labute approximate surface area is 124 Å². The zero-order valence-electron chi connectivity index (χ0n) is 12.3. The Hall–Kier alpha value is -1.46. The molecule has 1 amide bonds. The first-order valence-electron chi connectivity index (χ1n) is 7.64. The van der Waals surface area contributed by atoms with Gasteiger partial charge in [0.25, 0.3) is 0 Å². The fourth-order valence-electron chi connectivity index (χ4n) is 3.25. The third-order valence-corrected chi connectivity index (χ3v) is 4.94. The van der Waals surface area contributed by atoms with Crippen LogP contribution in [0.5, 0.6) is 0 Å². The van der Waals surface area contributed by atoms with Crippen molar-refractivity contribution in [2.24, 2.45) is 5.92 Å². The van der Waals surface area contributed by atoms with E-state index >= 15 is 0 Å². The van der Waals surface area contributed by atoms with E-state index in [0.717, 1.165) is 31.4 Å². The number of rotatable bonds is 4. The average Bonchev–Trinajstić information content (AvgIpc) is 2.81. The minimum absolute atomic E-state index is 0.0402. The lowest BCUT2D eigenvalue weighted by Gasteiger charge is -2.41. The van der Waals surface area contributed by atoms with Gasteiger partial charge in [0.15, 0.2) is 0 Å². The van der Waals surface area contributed by atoms with Crippen molar-refractivity contribution in [1.29, 1.82) is 0 Å². The maximum atomic E-state index is 13.5. The maximum Gasteiger partial charge on any atom is 0.230 e. The number of carbonyl (C=O) groups is 1. The monoisotopic (exact) mass is 291 g/mol. The fourth-order valence-corrected chi connectivity index (χ4v) is 3.25. The summed E-state index contributed by atoms with van der Waals surface area (Å²) in [5.41, 5.74) is 6.53. The largest absolute Gasteiger partial charge is 0.355 e. The topological polar surface area (TPSA) is 53.2 Å². The quantitative estimate of drug-likeness (QED) is 0.787. The van der Waals surface area contributed by atoms with Crippen molar-refractivity contribution in [3.8, 4) is 0 Å². The van der Waals surface area contributed by atoms with Gasteiger partial charge in [0.2, 0.25) is 5.91 Å². The number of benzene rings is 1. The molecule has 1 heterocycles. The highest BCUT2D eigenvalue weighted by Crippen LogP contribution is 2.44. The normalized spacial score (nSPS) is 27.1. The van der Waals surface area contributed by atoms with Crippen molar-refractivity contribution < 1.29 is 9.18 Å². The summed E-state index contributed by atoms with van der Waals surface area (Å²) in [7, 11) is 0. The van der Waals surface area contributed by atoms with Crippen LogP contribution in [0, 0.1) is 11.7 Å². The van der Waals surface area contributed by atoms with E-state index < -0.39 is 5.41 Å². The van der Waals surface area contributed by atoms with E-state index in [1.54, 1.807) is 6.07 Å². The molecule has 0 spiro atoms. The molecule has 1 aromatic carbocycles. The number of amides is 1. The molecule has 2 aliphatic rings. The molecule has 3 rings (SSSR count). The molecule has 21 heavy (non-hydrogen) atoms. The Morgan fingerprint density at radius 3 is 2.86 bits per heavy atom. The summed E-state index contributed by atoms with van der Waals surface area (Å²) in [6.45, 7) is 3.61. The van der Waals surface area contributed by atoms with E-state index in [0.29, 0.717) is 18.5 Å². The number of halogens is 1. The molecule has 0 aromatic heterocycles. The zero-order chi connectivity index (χ0) is 14.9. The van der Waals surface area contributed by atoms with E-state index in [9.17, 15) is 9.18 Å². The predicted octanol–water partition coefficient (Wildman–Crippen LogP) is 1.48. The molecule has 3 N–H and O–H groups in total. The van der Waals surface area contributed by atoms with Crippen molar-refractivity contribution >= 4 is 5.91 Å². The highest BCUT2D eigenvalue weighted by atomic mass is 19.1. The smallest absolute Gasteiger partial charge is 0.230 e. The lowest BCUT2D eigenvalue weighted by Crippen LogP contribution is -2.50. The summed E-state index contributed by atoms with van der Waals surface area (Å²) < 4.78 is 13.5. The predicted molar refractivity (Wildman–Crippen MR) is 79.0 cm³/mol. The zero-order valence-corrected chi connectivity index (χ0v) is 12.3. The van der Waals surface area contributed by atoms with Crippen LogP contribution in [0.25, 0.3) is 0 Å². The lowest BCUT2D eigenvalue weighted by atomic mass is 9.63. The van der Waals surface area contributed by atoms with Gasteiger partial charge in [0.1, 0.15) is 5.82 Å². The van der Waals surface area contributed by atoms with E-state index in [4.69, 9.17) is 0 Å². The van der Waals surface area contributed by atoms with Crippen LogP contribution in [0.1, 0.15) is 31.7 Å². The molecule has 1 aliphatic carbocycles. The summed E-state index contributed by atoms with van der Waals surface area (Å²) in [5, 5.41) is 3.07. The van der Waals surface area contributed by atoms with Gasteiger partial charge in [-0.2, -0.15) is 0 Å². The molecular formula is C16H22FN3O. The fraction of sp³-hybridized carbons (Fsp3) is 0.562. The minimum atomic E-state index is -0.523. The van der Waals surface area contributed by atoms with Crippen LogP contribution >= 0.6 is 0 Å². The second-order valence-electron chi connectivity index (χ2n) is 6.23. The summed E-state index contributed by atoms with van der Waals surface area (Å²) in [6.07, 6.45) is 2.63. The second-order valence-corrected chi connectivity index (χ2v) is 6.23. The molecule has 0 bridgehead atoms. The first-order chi connectivity index (χ1) is 10.1. The van der Waals surface area contributed by atoms with Crippen LogP contribution in [0.15, 0.2) is 24.3 Å². The van der Waals surface area contributed by atoms with Crippen molar-refractivity contribution in [1.82, 2.24) is 16.2 Å². The molecule has 114 valence electrons. The standard InChI is InChI=1S/C16H22FN3O/c1-11-12(10-19-20-11)9-18-15(21)16(6-3-7-16)13-4-2-5-14(17)8-13/h2,4-5,8,11-12,19-20H,3,6-7,9-10H2,1H3,(H,18,21). The van der Waals surface area contributed by atoms with Gasteiger partial charge in [0.05, 0.1) is 5.41 Å². The van der Waals surface area contributed by atoms with Crippen molar-refractivity contribution in [3.05, 3.63) is 35.6 Å². The number of hydrogen-bond acceptors (Lipinski definition) is 3. The van der Waals surface area contributed by atoms with Gasteiger partial charge >= 0.3 is 0 Å². The molecule has 4 nitrogen and oxygen atoms in total. The van der Waals surface area contributed by atoms with Crippen LogP contribution in [0.4, 0.5) is 4.39 Å². The number of carbonyl (C=O) groups excluding carboxylic acids is 1. The van der Waals surface area contributed by atoms with Gasteiger partial charge in [-0.3, -0.25) is 15.6 Å². The molecule has 0 radical (unpaired) electrons. The third kappa shape index (κ3) is 2.68. The highest BCUT2D eigenvalue weighted by molar-refractivity contribution is 5.89. The second kappa shape index (κ2) is 5.73. The van der Waals surface area contributed by atoms with Gasteiger partial charge in [-0.15, -0.1) is 0 Å². The lowest BCUT2D eigenvalue weighted by molar-refractivity contribution is -0.130. The van der Waals surface area contributed by atoms with E-state index in [2.05, 4.69) is 23.1 Å². The Balaban J connectivity index is 1.69. The Morgan fingerprint density at radius 1 is 1.48 bits per heavy atom.